The first kappa shape index (κ1) is 13.9. The number of nitrogens with zero attached hydrogens (tertiary/aromatic N) is 3. The molecule has 0 N–H and O–H groups in total. The molecule has 0 atom stereocenters. The normalized spacial score (nSPS) is 10.3. The summed E-state index contributed by atoms with van der Waals surface area (Å²) >= 11 is 0. The summed E-state index contributed by atoms with van der Waals surface area (Å²) in [6.07, 6.45) is 1.68. The molecule has 6 heteroatoms. The van der Waals surface area contributed by atoms with Crippen LogP contribution in [-0.4, -0.2) is 16.5 Å². The Bertz CT molecular complexity index is 605. The maximum atomic E-state index is 13.5. The Balaban J connectivity index is 2.29. The maximum Gasteiger partial charge on any atom is 0.274 e. The minimum atomic E-state index is -0.617. The zero-order chi connectivity index (χ0) is 14.5. The third-order valence-corrected chi connectivity index (χ3v) is 2.90. The molecule has 0 aliphatic heterocycles. The standard InChI is InChI=1S/C14H14FN3O2/c1-2-17(10-12-5-3-4-6-16-12)13-7-11(15)8-14(9-13)18(19)20/h3-9H,2,10H2,1H3. The van der Waals surface area contributed by atoms with E-state index in [-0.39, 0.29) is 5.69 Å². The molecule has 0 bridgehead atoms. The maximum absolute atomic E-state index is 13.5. The third-order valence-electron chi connectivity index (χ3n) is 2.90. The first-order chi connectivity index (χ1) is 9.60. The summed E-state index contributed by atoms with van der Waals surface area (Å²) < 4.78 is 13.5. The van der Waals surface area contributed by atoms with Gasteiger partial charge in [0.05, 0.1) is 23.2 Å². The molecule has 1 heterocycles. The number of nitro benzene ring substituents is 1. The van der Waals surface area contributed by atoms with Crippen molar-refractivity contribution in [1.82, 2.24) is 4.98 Å². The average molecular weight is 275 g/mol. The van der Waals surface area contributed by atoms with Crippen molar-refractivity contribution in [3.05, 3.63) is 64.2 Å². The Labute approximate surface area is 115 Å². The third kappa shape index (κ3) is 3.28. The van der Waals surface area contributed by atoms with E-state index in [1.807, 2.05) is 30.0 Å². The van der Waals surface area contributed by atoms with Gasteiger partial charge in [-0.3, -0.25) is 15.1 Å². The van der Waals surface area contributed by atoms with E-state index in [4.69, 9.17) is 0 Å². The lowest BCUT2D eigenvalue weighted by molar-refractivity contribution is -0.385. The van der Waals surface area contributed by atoms with Crippen LogP contribution >= 0.6 is 0 Å². The van der Waals surface area contributed by atoms with Crippen molar-refractivity contribution in [1.29, 1.82) is 0 Å². The molecule has 0 amide bonds. The van der Waals surface area contributed by atoms with E-state index in [0.29, 0.717) is 18.8 Å². The minimum absolute atomic E-state index is 0.250. The van der Waals surface area contributed by atoms with Crippen LogP contribution in [-0.2, 0) is 6.54 Å². The van der Waals surface area contributed by atoms with Crippen LogP contribution in [0.1, 0.15) is 12.6 Å². The largest absolute Gasteiger partial charge is 0.366 e. The van der Waals surface area contributed by atoms with E-state index in [2.05, 4.69) is 4.98 Å². The highest BCUT2D eigenvalue weighted by atomic mass is 19.1. The van der Waals surface area contributed by atoms with Crippen molar-refractivity contribution >= 4 is 11.4 Å². The van der Waals surface area contributed by atoms with Crippen LogP contribution in [0.3, 0.4) is 0 Å². The smallest absolute Gasteiger partial charge is 0.274 e. The summed E-state index contributed by atoms with van der Waals surface area (Å²) in [5.74, 6) is -0.617. The van der Waals surface area contributed by atoms with Crippen molar-refractivity contribution in [2.24, 2.45) is 0 Å². The molecule has 20 heavy (non-hydrogen) atoms. The van der Waals surface area contributed by atoms with E-state index in [0.717, 1.165) is 11.8 Å². The summed E-state index contributed by atoms with van der Waals surface area (Å²) in [7, 11) is 0. The number of hydrogen-bond acceptors (Lipinski definition) is 4. The zero-order valence-corrected chi connectivity index (χ0v) is 11.0. The molecule has 5 nitrogen and oxygen atoms in total. The van der Waals surface area contributed by atoms with E-state index >= 15 is 0 Å². The van der Waals surface area contributed by atoms with E-state index in [1.165, 1.54) is 12.1 Å². The minimum Gasteiger partial charge on any atom is -0.366 e. The van der Waals surface area contributed by atoms with Gasteiger partial charge in [-0.05, 0) is 25.1 Å². The molecule has 0 unspecified atom stereocenters. The van der Waals surface area contributed by atoms with Crippen molar-refractivity contribution in [2.75, 3.05) is 11.4 Å². The fourth-order valence-electron chi connectivity index (χ4n) is 1.92. The molecule has 104 valence electrons. The highest BCUT2D eigenvalue weighted by Crippen LogP contribution is 2.24. The molecule has 0 fully saturated rings. The molecule has 0 spiro atoms. The fourth-order valence-corrected chi connectivity index (χ4v) is 1.92. The SMILES string of the molecule is CCN(Cc1ccccn1)c1cc(F)cc([N+](=O)[O-])c1. The molecule has 0 radical (unpaired) electrons. The van der Waals surface area contributed by atoms with Crippen molar-refractivity contribution in [3.63, 3.8) is 0 Å². The lowest BCUT2D eigenvalue weighted by Crippen LogP contribution is -2.22. The first-order valence-corrected chi connectivity index (χ1v) is 6.20. The summed E-state index contributed by atoms with van der Waals surface area (Å²) in [5.41, 5.74) is 1.05. The van der Waals surface area contributed by atoms with Crippen LogP contribution < -0.4 is 4.90 Å². The molecule has 2 rings (SSSR count). The molecule has 1 aromatic heterocycles. The van der Waals surface area contributed by atoms with Gasteiger partial charge >= 0.3 is 0 Å². The quantitative estimate of drug-likeness (QED) is 0.621. The number of halogens is 1. The van der Waals surface area contributed by atoms with E-state index in [1.54, 1.807) is 6.20 Å². The Morgan fingerprint density at radius 3 is 2.75 bits per heavy atom. The van der Waals surface area contributed by atoms with Gasteiger partial charge in [0, 0.05) is 24.5 Å². The molecule has 2 aromatic rings. The Morgan fingerprint density at radius 1 is 1.35 bits per heavy atom. The number of non-ortho nitro benzene ring substituents is 1. The van der Waals surface area contributed by atoms with Crippen LogP contribution in [0.25, 0.3) is 0 Å². The first-order valence-electron chi connectivity index (χ1n) is 6.20. The van der Waals surface area contributed by atoms with Gasteiger partial charge in [0.2, 0.25) is 0 Å². The van der Waals surface area contributed by atoms with Gasteiger partial charge in [-0.15, -0.1) is 0 Å². The van der Waals surface area contributed by atoms with Crippen molar-refractivity contribution in [2.45, 2.75) is 13.5 Å². The predicted molar refractivity (Wildman–Crippen MR) is 74.0 cm³/mol. The van der Waals surface area contributed by atoms with Gasteiger partial charge in [-0.25, -0.2) is 4.39 Å². The molecule has 0 aliphatic carbocycles. The second-order valence-electron chi connectivity index (χ2n) is 4.26. The number of hydrogen-bond donors (Lipinski definition) is 0. The lowest BCUT2D eigenvalue weighted by atomic mass is 10.2. The van der Waals surface area contributed by atoms with Crippen LogP contribution in [0.15, 0.2) is 42.6 Å². The van der Waals surface area contributed by atoms with Gasteiger partial charge in [0.15, 0.2) is 0 Å². The van der Waals surface area contributed by atoms with Gasteiger partial charge in [-0.1, -0.05) is 6.07 Å². The highest BCUT2D eigenvalue weighted by Gasteiger charge is 2.14. The lowest BCUT2D eigenvalue weighted by Gasteiger charge is -2.22. The second kappa shape index (κ2) is 6.10. The van der Waals surface area contributed by atoms with Gasteiger partial charge in [0.1, 0.15) is 5.82 Å². The van der Waals surface area contributed by atoms with Crippen LogP contribution in [0.5, 0.6) is 0 Å². The second-order valence-corrected chi connectivity index (χ2v) is 4.26. The highest BCUT2D eigenvalue weighted by molar-refractivity contribution is 5.53. The molecular weight excluding hydrogens is 261 g/mol. The van der Waals surface area contributed by atoms with Crippen LogP contribution in [0, 0.1) is 15.9 Å². The average Bonchev–Trinajstić information content (AvgIpc) is 2.45. The zero-order valence-electron chi connectivity index (χ0n) is 11.0. The molecule has 0 aliphatic rings. The Morgan fingerprint density at radius 2 is 2.15 bits per heavy atom. The topological polar surface area (TPSA) is 59.3 Å². The van der Waals surface area contributed by atoms with Crippen LogP contribution in [0.4, 0.5) is 15.8 Å². The number of pyridine rings is 1. The summed E-state index contributed by atoms with van der Waals surface area (Å²) in [6, 6.07) is 9.11. The predicted octanol–water partition coefficient (Wildman–Crippen LogP) is 3.16. The number of rotatable bonds is 5. The molecule has 0 saturated carbocycles. The van der Waals surface area contributed by atoms with E-state index in [9.17, 15) is 14.5 Å². The van der Waals surface area contributed by atoms with Crippen LogP contribution in [0.2, 0.25) is 0 Å². The number of nitro groups is 1. The summed E-state index contributed by atoms with van der Waals surface area (Å²) in [4.78, 5) is 16.2. The van der Waals surface area contributed by atoms with E-state index < -0.39 is 10.7 Å². The van der Waals surface area contributed by atoms with Gasteiger partial charge < -0.3 is 4.90 Å². The Hall–Kier alpha value is -2.50. The fraction of sp³-hybridized carbons (Fsp3) is 0.214. The molecule has 1 aromatic carbocycles. The monoisotopic (exact) mass is 275 g/mol. The van der Waals surface area contributed by atoms with Gasteiger partial charge in [-0.2, -0.15) is 0 Å². The van der Waals surface area contributed by atoms with Crippen molar-refractivity contribution in [3.8, 4) is 0 Å². The number of anilines is 1. The summed E-state index contributed by atoms with van der Waals surface area (Å²) in [5, 5.41) is 10.8. The Kier molecular flexibility index (Phi) is 4.24. The molecule has 0 saturated heterocycles. The number of benzene rings is 1. The molecular formula is C14H14FN3O2. The number of aromatic nitrogens is 1. The van der Waals surface area contributed by atoms with Gasteiger partial charge in [0.25, 0.3) is 5.69 Å². The van der Waals surface area contributed by atoms with Crippen molar-refractivity contribution < 1.29 is 9.31 Å². The summed E-state index contributed by atoms with van der Waals surface area (Å²) in [6.45, 7) is 2.97.